The van der Waals surface area contributed by atoms with E-state index in [0.29, 0.717) is 0 Å². The number of ether oxygens (including phenoxy) is 1. The number of hydrogen-bond donors (Lipinski definition) is 2. The number of hydrazine groups is 1. The van der Waals surface area contributed by atoms with Crippen LogP contribution in [0.4, 0.5) is 0 Å². The van der Waals surface area contributed by atoms with E-state index < -0.39 is 5.41 Å². The van der Waals surface area contributed by atoms with E-state index >= 15 is 0 Å². The van der Waals surface area contributed by atoms with Gasteiger partial charge in [0.05, 0.1) is 5.41 Å². The van der Waals surface area contributed by atoms with Gasteiger partial charge in [-0.3, -0.25) is 10.2 Å². The molecule has 0 aromatic heterocycles. The van der Waals surface area contributed by atoms with Crippen molar-refractivity contribution >= 4 is 5.91 Å². The van der Waals surface area contributed by atoms with Crippen LogP contribution in [-0.2, 0) is 10.2 Å². The van der Waals surface area contributed by atoms with Crippen molar-refractivity contribution in [1.82, 2.24) is 5.43 Å². The average molecular weight is 278 g/mol. The maximum atomic E-state index is 11.6. The van der Waals surface area contributed by atoms with E-state index in [4.69, 9.17) is 10.6 Å². The highest BCUT2D eigenvalue weighted by molar-refractivity contribution is 5.81. The van der Waals surface area contributed by atoms with Crippen LogP contribution in [0.3, 0.4) is 0 Å². The van der Waals surface area contributed by atoms with E-state index in [1.54, 1.807) is 13.8 Å². The summed E-state index contributed by atoms with van der Waals surface area (Å²) in [6.07, 6.45) is 1.08. The molecule has 0 radical (unpaired) electrons. The lowest BCUT2D eigenvalue weighted by Crippen LogP contribution is -2.44. The summed E-state index contributed by atoms with van der Waals surface area (Å²) in [7, 11) is 0. The van der Waals surface area contributed by atoms with Crippen LogP contribution in [-0.4, -0.2) is 12.5 Å². The van der Waals surface area contributed by atoms with Gasteiger partial charge in [0.25, 0.3) is 0 Å². The Hall–Kier alpha value is -1.55. The minimum absolute atomic E-state index is 0.164. The van der Waals surface area contributed by atoms with Crippen molar-refractivity contribution in [3.63, 3.8) is 0 Å². The van der Waals surface area contributed by atoms with Gasteiger partial charge in [0.2, 0.25) is 5.91 Å². The number of benzene rings is 1. The van der Waals surface area contributed by atoms with Gasteiger partial charge >= 0.3 is 0 Å². The molecule has 1 aromatic rings. The lowest BCUT2D eigenvalue weighted by molar-refractivity contribution is -0.130. The van der Waals surface area contributed by atoms with Gasteiger partial charge in [-0.25, -0.2) is 5.84 Å². The largest absolute Gasteiger partial charge is 0.492 e. The monoisotopic (exact) mass is 278 g/mol. The van der Waals surface area contributed by atoms with E-state index in [0.717, 1.165) is 12.2 Å². The van der Waals surface area contributed by atoms with Gasteiger partial charge in [0.15, 0.2) is 0 Å². The minimum atomic E-state index is -0.657. The van der Waals surface area contributed by atoms with E-state index in [9.17, 15) is 4.79 Å². The molecule has 0 heterocycles. The fourth-order valence-corrected chi connectivity index (χ4v) is 1.73. The Bertz CT molecular complexity index is 450. The Balaban J connectivity index is 2.70. The molecular weight excluding hydrogens is 252 g/mol. The summed E-state index contributed by atoms with van der Waals surface area (Å²) < 4.78 is 5.68. The van der Waals surface area contributed by atoms with Gasteiger partial charge in [-0.2, -0.15) is 0 Å². The first-order valence-corrected chi connectivity index (χ1v) is 6.97. The molecular formula is C16H26N2O2. The standard InChI is InChI=1S/C16H26N2O2/c1-6-15(2,3)12-7-9-13(10-8-12)20-11-16(4,5)14(19)18-17/h7-10H,6,11,17H2,1-5H3,(H,18,19). The summed E-state index contributed by atoms with van der Waals surface area (Å²) in [5.41, 5.74) is 2.95. The number of carbonyl (C=O) groups is 1. The predicted octanol–water partition coefficient (Wildman–Crippen LogP) is 2.77. The van der Waals surface area contributed by atoms with Crippen molar-refractivity contribution in [1.29, 1.82) is 0 Å². The minimum Gasteiger partial charge on any atom is -0.492 e. The van der Waals surface area contributed by atoms with Gasteiger partial charge in [-0.15, -0.1) is 0 Å². The predicted molar refractivity (Wildman–Crippen MR) is 81.4 cm³/mol. The molecule has 0 unspecified atom stereocenters. The third-order valence-corrected chi connectivity index (χ3v) is 3.87. The van der Waals surface area contributed by atoms with Crippen molar-refractivity contribution in [3.05, 3.63) is 29.8 Å². The van der Waals surface area contributed by atoms with Crippen LogP contribution >= 0.6 is 0 Å². The van der Waals surface area contributed by atoms with E-state index in [1.165, 1.54) is 5.56 Å². The molecule has 0 saturated carbocycles. The third-order valence-electron chi connectivity index (χ3n) is 3.87. The maximum Gasteiger partial charge on any atom is 0.242 e. The topological polar surface area (TPSA) is 64.3 Å². The number of nitrogens with one attached hydrogen (secondary N) is 1. The van der Waals surface area contributed by atoms with E-state index in [1.807, 2.05) is 12.1 Å². The van der Waals surface area contributed by atoms with Crippen molar-refractivity contribution in [2.75, 3.05) is 6.61 Å². The van der Waals surface area contributed by atoms with Gasteiger partial charge < -0.3 is 4.74 Å². The van der Waals surface area contributed by atoms with E-state index in [-0.39, 0.29) is 17.9 Å². The lowest BCUT2D eigenvalue weighted by atomic mass is 9.82. The number of nitrogens with two attached hydrogens (primary N) is 1. The molecule has 0 aliphatic rings. The molecule has 0 aliphatic carbocycles. The molecule has 3 N–H and O–H groups in total. The fraction of sp³-hybridized carbons (Fsp3) is 0.562. The molecule has 4 nitrogen and oxygen atoms in total. The van der Waals surface area contributed by atoms with Crippen LogP contribution in [0, 0.1) is 5.41 Å². The van der Waals surface area contributed by atoms with Crippen molar-refractivity contribution in [2.45, 2.75) is 46.5 Å². The molecule has 0 saturated heterocycles. The van der Waals surface area contributed by atoms with Crippen LogP contribution in [0.1, 0.15) is 46.6 Å². The molecule has 20 heavy (non-hydrogen) atoms. The first-order chi connectivity index (χ1) is 9.23. The zero-order valence-electron chi connectivity index (χ0n) is 13.1. The van der Waals surface area contributed by atoms with Crippen LogP contribution in [0.2, 0.25) is 0 Å². The summed E-state index contributed by atoms with van der Waals surface area (Å²) in [5.74, 6) is 5.68. The molecule has 0 aliphatic heterocycles. The van der Waals surface area contributed by atoms with Crippen molar-refractivity contribution in [3.8, 4) is 5.75 Å². The first kappa shape index (κ1) is 16.5. The Morgan fingerprint density at radius 3 is 2.20 bits per heavy atom. The van der Waals surface area contributed by atoms with Crippen LogP contribution in [0.5, 0.6) is 5.75 Å². The first-order valence-electron chi connectivity index (χ1n) is 6.97. The molecule has 0 fully saturated rings. The molecule has 4 heteroatoms. The molecule has 1 amide bonds. The summed E-state index contributed by atoms with van der Waals surface area (Å²) in [5, 5.41) is 0. The summed E-state index contributed by atoms with van der Waals surface area (Å²) in [6.45, 7) is 10.5. The number of rotatable bonds is 6. The molecule has 0 atom stereocenters. The summed E-state index contributed by atoms with van der Waals surface area (Å²) in [6, 6.07) is 8.05. The third kappa shape index (κ3) is 3.97. The highest BCUT2D eigenvalue weighted by atomic mass is 16.5. The fourth-order valence-electron chi connectivity index (χ4n) is 1.73. The van der Waals surface area contributed by atoms with Crippen LogP contribution in [0.25, 0.3) is 0 Å². The molecule has 1 rings (SSSR count). The molecule has 1 aromatic carbocycles. The molecule has 0 spiro atoms. The van der Waals surface area contributed by atoms with Gasteiger partial charge in [-0.05, 0) is 43.4 Å². The smallest absolute Gasteiger partial charge is 0.242 e. The van der Waals surface area contributed by atoms with Gasteiger partial charge in [0, 0.05) is 0 Å². The quantitative estimate of drug-likeness (QED) is 0.478. The second-order valence-corrected chi connectivity index (χ2v) is 6.41. The zero-order chi connectivity index (χ0) is 15.4. The van der Waals surface area contributed by atoms with E-state index in [2.05, 4.69) is 38.3 Å². The number of carbonyl (C=O) groups excluding carboxylic acids is 1. The normalized spacial score (nSPS) is 12.1. The van der Waals surface area contributed by atoms with Crippen LogP contribution < -0.4 is 16.0 Å². The molecule has 0 bridgehead atoms. The molecule has 112 valence electrons. The average Bonchev–Trinajstić information content (AvgIpc) is 2.44. The Morgan fingerprint density at radius 2 is 1.75 bits per heavy atom. The maximum absolute atomic E-state index is 11.6. The lowest BCUT2D eigenvalue weighted by Gasteiger charge is -2.24. The van der Waals surface area contributed by atoms with Crippen LogP contribution in [0.15, 0.2) is 24.3 Å². The summed E-state index contributed by atoms with van der Waals surface area (Å²) >= 11 is 0. The number of amides is 1. The van der Waals surface area contributed by atoms with Crippen molar-refractivity contribution < 1.29 is 9.53 Å². The summed E-state index contributed by atoms with van der Waals surface area (Å²) in [4.78, 5) is 11.6. The Morgan fingerprint density at radius 1 is 1.20 bits per heavy atom. The number of hydrogen-bond acceptors (Lipinski definition) is 3. The zero-order valence-corrected chi connectivity index (χ0v) is 13.1. The van der Waals surface area contributed by atoms with Gasteiger partial charge in [-0.1, -0.05) is 32.9 Å². The second kappa shape index (κ2) is 6.27. The van der Waals surface area contributed by atoms with Gasteiger partial charge in [0.1, 0.15) is 12.4 Å². The second-order valence-electron chi connectivity index (χ2n) is 6.41. The highest BCUT2D eigenvalue weighted by Gasteiger charge is 2.28. The SMILES string of the molecule is CCC(C)(C)c1ccc(OCC(C)(C)C(=O)NN)cc1. The Labute approximate surface area is 121 Å². The van der Waals surface area contributed by atoms with Crippen molar-refractivity contribution in [2.24, 2.45) is 11.3 Å². The highest BCUT2D eigenvalue weighted by Crippen LogP contribution is 2.28. The Kier molecular flexibility index (Phi) is 5.17.